The number of hydrogen-bond acceptors (Lipinski definition) is 4. The topological polar surface area (TPSA) is 86.8 Å². The first-order chi connectivity index (χ1) is 15.0. The average molecular weight is 500 g/mol. The SMILES string of the molecule is CC[C@H](C(=O)NC)N(Cc1ccccc1C)C(=O)CN(c1cc(Cl)cc(Cl)c1)S(C)(=O)=O. The maximum atomic E-state index is 13.5. The van der Waals surface area contributed by atoms with Crippen LogP contribution in [0.2, 0.25) is 10.0 Å². The molecule has 0 radical (unpaired) electrons. The smallest absolute Gasteiger partial charge is 0.244 e. The number of carbonyl (C=O) groups is 2. The number of sulfonamides is 1. The molecule has 32 heavy (non-hydrogen) atoms. The van der Waals surface area contributed by atoms with Crippen molar-refractivity contribution in [3.8, 4) is 0 Å². The molecule has 2 rings (SSSR count). The molecule has 0 heterocycles. The molecule has 0 aliphatic rings. The number of likely N-dealkylation sites (N-methyl/N-ethyl adjacent to an activating group) is 1. The number of hydrogen-bond donors (Lipinski definition) is 1. The molecule has 0 fully saturated rings. The van der Waals surface area contributed by atoms with Gasteiger partial charge >= 0.3 is 0 Å². The lowest BCUT2D eigenvalue weighted by Crippen LogP contribution is -2.51. The zero-order chi connectivity index (χ0) is 24.1. The summed E-state index contributed by atoms with van der Waals surface area (Å²) in [6.45, 7) is 3.36. The number of nitrogens with one attached hydrogen (secondary N) is 1. The van der Waals surface area contributed by atoms with E-state index in [4.69, 9.17) is 23.2 Å². The monoisotopic (exact) mass is 499 g/mol. The van der Waals surface area contributed by atoms with Crippen LogP contribution >= 0.6 is 23.2 Å². The summed E-state index contributed by atoms with van der Waals surface area (Å²) in [5, 5.41) is 3.06. The largest absolute Gasteiger partial charge is 0.357 e. The van der Waals surface area contributed by atoms with E-state index in [1.807, 2.05) is 31.2 Å². The van der Waals surface area contributed by atoms with Crippen LogP contribution in [0.5, 0.6) is 0 Å². The van der Waals surface area contributed by atoms with Crippen molar-refractivity contribution < 1.29 is 18.0 Å². The Hall–Kier alpha value is -2.29. The summed E-state index contributed by atoms with van der Waals surface area (Å²) in [7, 11) is -2.35. The molecule has 2 aromatic rings. The number of nitrogens with zero attached hydrogens (tertiary/aromatic N) is 2. The Kier molecular flexibility index (Phi) is 8.95. The van der Waals surface area contributed by atoms with Gasteiger partial charge in [0.15, 0.2) is 0 Å². The maximum absolute atomic E-state index is 13.5. The molecule has 0 spiro atoms. The first kappa shape index (κ1) is 26.0. The molecule has 0 aliphatic heterocycles. The molecule has 2 aromatic carbocycles. The lowest BCUT2D eigenvalue weighted by Gasteiger charge is -2.33. The predicted octanol–water partition coefficient (Wildman–Crippen LogP) is 3.62. The molecular formula is C22H27Cl2N3O4S. The molecule has 2 amide bonds. The van der Waals surface area contributed by atoms with E-state index in [0.717, 1.165) is 21.7 Å². The number of aryl methyl sites for hydroxylation is 1. The first-order valence-electron chi connectivity index (χ1n) is 9.97. The van der Waals surface area contributed by atoms with Gasteiger partial charge in [0.25, 0.3) is 0 Å². The lowest BCUT2D eigenvalue weighted by molar-refractivity contribution is -0.140. The Morgan fingerprint density at radius 1 is 1.09 bits per heavy atom. The van der Waals surface area contributed by atoms with Crippen LogP contribution in [0.3, 0.4) is 0 Å². The van der Waals surface area contributed by atoms with Crippen LogP contribution in [0.1, 0.15) is 24.5 Å². The third-order valence-electron chi connectivity index (χ3n) is 5.05. The van der Waals surface area contributed by atoms with Crippen molar-refractivity contribution in [2.75, 3.05) is 24.2 Å². The fourth-order valence-corrected chi connectivity index (χ4v) is 4.70. The van der Waals surface area contributed by atoms with E-state index in [-0.39, 0.29) is 28.2 Å². The van der Waals surface area contributed by atoms with Crippen LogP contribution in [-0.2, 0) is 26.2 Å². The number of halogens is 2. The predicted molar refractivity (Wildman–Crippen MR) is 129 cm³/mol. The molecule has 7 nitrogen and oxygen atoms in total. The van der Waals surface area contributed by atoms with Gasteiger partial charge in [-0.05, 0) is 42.7 Å². The molecule has 0 bridgehead atoms. The number of rotatable bonds is 9. The highest BCUT2D eigenvalue weighted by atomic mass is 35.5. The minimum Gasteiger partial charge on any atom is -0.357 e. The second-order valence-corrected chi connectivity index (χ2v) is 10.2. The van der Waals surface area contributed by atoms with Crippen molar-refractivity contribution in [3.05, 3.63) is 63.6 Å². The van der Waals surface area contributed by atoms with Crippen LogP contribution in [0.25, 0.3) is 0 Å². The first-order valence-corrected chi connectivity index (χ1v) is 12.6. The molecule has 0 saturated heterocycles. The van der Waals surface area contributed by atoms with E-state index in [1.54, 1.807) is 6.92 Å². The zero-order valence-electron chi connectivity index (χ0n) is 18.4. The lowest BCUT2D eigenvalue weighted by atomic mass is 10.1. The van der Waals surface area contributed by atoms with Gasteiger partial charge in [-0.25, -0.2) is 8.42 Å². The Labute approximate surface area is 199 Å². The van der Waals surface area contributed by atoms with Crippen molar-refractivity contribution in [3.63, 3.8) is 0 Å². The van der Waals surface area contributed by atoms with Gasteiger partial charge in [-0.2, -0.15) is 0 Å². The average Bonchev–Trinajstić information content (AvgIpc) is 2.71. The Morgan fingerprint density at radius 3 is 2.19 bits per heavy atom. The van der Waals surface area contributed by atoms with Gasteiger partial charge in [0.1, 0.15) is 12.6 Å². The highest BCUT2D eigenvalue weighted by Gasteiger charge is 2.31. The Bertz CT molecular complexity index is 1070. The van der Waals surface area contributed by atoms with E-state index in [9.17, 15) is 18.0 Å². The molecule has 0 unspecified atom stereocenters. The highest BCUT2D eigenvalue weighted by Crippen LogP contribution is 2.27. The van der Waals surface area contributed by atoms with Gasteiger partial charge in [0.05, 0.1) is 11.9 Å². The normalized spacial score (nSPS) is 12.2. The van der Waals surface area contributed by atoms with Crippen molar-refractivity contribution in [2.45, 2.75) is 32.9 Å². The third kappa shape index (κ3) is 6.60. The van der Waals surface area contributed by atoms with Crippen molar-refractivity contribution in [2.24, 2.45) is 0 Å². The van der Waals surface area contributed by atoms with Crippen LogP contribution in [0, 0.1) is 6.92 Å². The van der Waals surface area contributed by atoms with Gasteiger partial charge in [-0.1, -0.05) is 54.4 Å². The van der Waals surface area contributed by atoms with Crippen molar-refractivity contribution >= 4 is 50.7 Å². The van der Waals surface area contributed by atoms with E-state index in [1.165, 1.54) is 30.1 Å². The minimum absolute atomic E-state index is 0.158. The van der Waals surface area contributed by atoms with Crippen LogP contribution in [-0.4, -0.2) is 51.0 Å². The Balaban J connectivity index is 2.48. The van der Waals surface area contributed by atoms with Crippen LogP contribution in [0.4, 0.5) is 5.69 Å². The molecule has 1 atom stereocenters. The number of anilines is 1. The van der Waals surface area contributed by atoms with E-state index in [2.05, 4.69) is 5.32 Å². The molecule has 0 aliphatic carbocycles. The Morgan fingerprint density at radius 2 is 1.69 bits per heavy atom. The highest BCUT2D eigenvalue weighted by molar-refractivity contribution is 7.92. The summed E-state index contributed by atoms with van der Waals surface area (Å²) < 4.78 is 26.0. The van der Waals surface area contributed by atoms with Gasteiger partial charge in [0.2, 0.25) is 21.8 Å². The zero-order valence-corrected chi connectivity index (χ0v) is 20.8. The van der Waals surface area contributed by atoms with Crippen LogP contribution < -0.4 is 9.62 Å². The molecule has 174 valence electrons. The molecule has 1 N–H and O–H groups in total. The number of carbonyl (C=O) groups excluding carboxylic acids is 2. The van der Waals surface area contributed by atoms with E-state index >= 15 is 0 Å². The summed E-state index contributed by atoms with van der Waals surface area (Å²) >= 11 is 12.1. The van der Waals surface area contributed by atoms with Gasteiger partial charge < -0.3 is 10.2 Å². The van der Waals surface area contributed by atoms with Crippen molar-refractivity contribution in [1.29, 1.82) is 0 Å². The van der Waals surface area contributed by atoms with Crippen LogP contribution in [0.15, 0.2) is 42.5 Å². The van der Waals surface area contributed by atoms with Gasteiger partial charge in [0, 0.05) is 23.6 Å². The summed E-state index contributed by atoms with van der Waals surface area (Å²) in [5.41, 5.74) is 1.99. The molecule has 0 aromatic heterocycles. The molecular weight excluding hydrogens is 473 g/mol. The number of amides is 2. The fourth-order valence-electron chi connectivity index (χ4n) is 3.35. The summed E-state index contributed by atoms with van der Waals surface area (Å²) in [4.78, 5) is 27.4. The second-order valence-electron chi connectivity index (χ2n) is 7.38. The minimum atomic E-state index is -3.85. The third-order valence-corrected chi connectivity index (χ3v) is 6.63. The summed E-state index contributed by atoms with van der Waals surface area (Å²) in [6.07, 6.45) is 1.36. The fraction of sp³-hybridized carbons (Fsp3) is 0.364. The molecule has 10 heteroatoms. The van der Waals surface area contributed by atoms with E-state index in [0.29, 0.717) is 6.42 Å². The molecule has 0 saturated carbocycles. The van der Waals surface area contributed by atoms with Gasteiger partial charge in [-0.3, -0.25) is 13.9 Å². The van der Waals surface area contributed by atoms with E-state index < -0.39 is 28.5 Å². The van der Waals surface area contributed by atoms with Gasteiger partial charge in [-0.15, -0.1) is 0 Å². The second kappa shape index (κ2) is 11.0. The summed E-state index contributed by atoms with van der Waals surface area (Å²) in [5.74, 6) is -0.851. The van der Waals surface area contributed by atoms with Crippen molar-refractivity contribution in [1.82, 2.24) is 10.2 Å². The standard InChI is InChI=1S/C22H27Cl2N3O4S/c1-5-20(22(29)25-3)26(13-16-9-7-6-8-15(16)2)21(28)14-27(32(4,30)31)19-11-17(23)10-18(24)12-19/h6-12,20H,5,13-14H2,1-4H3,(H,25,29)/t20-/m1/s1. The maximum Gasteiger partial charge on any atom is 0.244 e. The number of benzene rings is 2. The summed E-state index contributed by atoms with van der Waals surface area (Å²) in [6, 6.07) is 11.1. The quantitative estimate of drug-likeness (QED) is 0.570.